The minimum atomic E-state index is -0.683. The number of carbonyl (C=O) groups is 2. The zero-order valence-electron chi connectivity index (χ0n) is 6.48. The summed E-state index contributed by atoms with van der Waals surface area (Å²) in [6.45, 7) is 3.74. The molecule has 0 spiro atoms. The fourth-order valence-corrected chi connectivity index (χ4v) is 0.471. The van der Waals surface area contributed by atoms with Crippen molar-refractivity contribution in [2.75, 3.05) is 6.54 Å². The molecule has 64 valence electrons. The zero-order chi connectivity index (χ0) is 8.85. The van der Waals surface area contributed by atoms with Gasteiger partial charge in [0.25, 0.3) is 0 Å². The molecule has 0 saturated carbocycles. The molecule has 3 amide bonds. The average molecular weight is 179 g/mol. The predicted octanol–water partition coefficient (Wildman–Crippen LogP) is 0.459. The van der Waals surface area contributed by atoms with Crippen LogP contribution in [0.5, 0.6) is 0 Å². The van der Waals surface area contributed by atoms with Gasteiger partial charge in [-0.05, 0) is 13.8 Å². The Labute approximate surface area is 70.3 Å². The molecule has 5 heteroatoms. The first-order valence-electron chi connectivity index (χ1n) is 3.30. The highest BCUT2D eigenvalue weighted by atomic mass is 35.5. The van der Waals surface area contributed by atoms with Gasteiger partial charge in [-0.3, -0.25) is 10.1 Å². The second-order valence-corrected chi connectivity index (χ2v) is 2.62. The van der Waals surface area contributed by atoms with E-state index in [2.05, 4.69) is 10.6 Å². The Morgan fingerprint density at radius 2 is 2.09 bits per heavy atom. The van der Waals surface area contributed by atoms with Crippen LogP contribution in [0.15, 0.2) is 0 Å². The van der Waals surface area contributed by atoms with Gasteiger partial charge in [-0.25, -0.2) is 4.79 Å². The van der Waals surface area contributed by atoms with Gasteiger partial charge in [0.05, 0.1) is 0 Å². The highest BCUT2D eigenvalue weighted by Gasteiger charge is 2.11. The molecule has 0 aliphatic heterocycles. The molecular formula is C6H11ClN2O2. The lowest BCUT2D eigenvalue weighted by molar-refractivity contribution is -0.119. The number of hydrogen-bond acceptors (Lipinski definition) is 2. The molecule has 0 aliphatic rings. The molecule has 0 bridgehead atoms. The summed E-state index contributed by atoms with van der Waals surface area (Å²) < 4.78 is 0. The monoisotopic (exact) mass is 178 g/mol. The minimum Gasteiger partial charge on any atom is -0.338 e. The maximum Gasteiger partial charge on any atom is 0.321 e. The topological polar surface area (TPSA) is 58.2 Å². The number of hydrogen-bond donors (Lipinski definition) is 2. The van der Waals surface area contributed by atoms with Crippen LogP contribution < -0.4 is 10.6 Å². The molecule has 2 N–H and O–H groups in total. The summed E-state index contributed by atoms with van der Waals surface area (Å²) in [5.74, 6) is -0.488. The van der Waals surface area contributed by atoms with Crippen molar-refractivity contribution < 1.29 is 9.59 Å². The first-order chi connectivity index (χ1) is 5.07. The summed E-state index contributed by atoms with van der Waals surface area (Å²) in [5.41, 5.74) is 0. The maximum atomic E-state index is 10.7. The van der Waals surface area contributed by atoms with E-state index in [0.717, 1.165) is 0 Å². The summed E-state index contributed by atoms with van der Waals surface area (Å²) in [5, 5.41) is 3.78. The standard InChI is InChI=1S/C6H11ClN2O2/c1-3-8-6(11)9-5(10)4(2)7/h4H,3H2,1-2H3,(H2,8,9,10,11)/t4-/m0/s1. The smallest absolute Gasteiger partial charge is 0.321 e. The second-order valence-electron chi connectivity index (χ2n) is 1.96. The van der Waals surface area contributed by atoms with Gasteiger partial charge in [-0.2, -0.15) is 0 Å². The van der Waals surface area contributed by atoms with Gasteiger partial charge in [-0.1, -0.05) is 0 Å². The normalized spacial score (nSPS) is 11.9. The minimum absolute atomic E-state index is 0.482. The van der Waals surface area contributed by atoms with Crippen molar-refractivity contribution in [1.82, 2.24) is 10.6 Å². The zero-order valence-corrected chi connectivity index (χ0v) is 7.23. The fraction of sp³-hybridized carbons (Fsp3) is 0.667. The first kappa shape index (κ1) is 10.2. The van der Waals surface area contributed by atoms with Gasteiger partial charge in [0.2, 0.25) is 5.91 Å². The van der Waals surface area contributed by atoms with E-state index in [9.17, 15) is 9.59 Å². The lowest BCUT2D eigenvalue weighted by Crippen LogP contribution is -2.42. The van der Waals surface area contributed by atoms with Gasteiger partial charge in [-0.15, -0.1) is 11.6 Å². The summed E-state index contributed by atoms with van der Waals surface area (Å²) in [6, 6.07) is -0.509. The van der Waals surface area contributed by atoms with Gasteiger partial charge >= 0.3 is 6.03 Å². The molecule has 0 aromatic carbocycles. The van der Waals surface area contributed by atoms with Crippen molar-refractivity contribution in [2.24, 2.45) is 0 Å². The fourth-order valence-electron chi connectivity index (χ4n) is 0.416. The van der Waals surface area contributed by atoms with Crippen LogP contribution in [-0.2, 0) is 4.79 Å². The Bertz CT molecular complexity index is 159. The predicted molar refractivity (Wildman–Crippen MR) is 42.5 cm³/mol. The number of carbonyl (C=O) groups excluding carboxylic acids is 2. The third-order valence-corrected chi connectivity index (χ3v) is 1.13. The Morgan fingerprint density at radius 1 is 1.55 bits per heavy atom. The molecule has 0 heterocycles. The molecule has 11 heavy (non-hydrogen) atoms. The summed E-state index contributed by atoms with van der Waals surface area (Å²) in [7, 11) is 0. The Kier molecular flexibility index (Phi) is 4.61. The van der Waals surface area contributed by atoms with E-state index in [1.807, 2.05) is 0 Å². The van der Waals surface area contributed by atoms with E-state index >= 15 is 0 Å². The number of halogens is 1. The first-order valence-corrected chi connectivity index (χ1v) is 3.74. The summed E-state index contributed by atoms with van der Waals surface area (Å²) in [6.07, 6.45) is 0. The number of nitrogens with one attached hydrogen (secondary N) is 2. The molecule has 0 unspecified atom stereocenters. The van der Waals surface area contributed by atoms with Crippen LogP contribution >= 0.6 is 11.6 Å². The third kappa shape index (κ3) is 4.61. The van der Waals surface area contributed by atoms with Crippen LogP contribution in [0.4, 0.5) is 4.79 Å². The SMILES string of the molecule is CCNC(=O)NC(=O)[C@H](C)Cl. The van der Waals surface area contributed by atoms with Crippen molar-refractivity contribution >= 4 is 23.5 Å². The van der Waals surface area contributed by atoms with Gasteiger partial charge < -0.3 is 5.32 Å². The van der Waals surface area contributed by atoms with E-state index in [1.165, 1.54) is 6.92 Å². The van der Waals surface area contributed by atoms with Gasteiger partial charge in [0.1, 0.15) is 5.38 Å². The molecule has 0 saturated heterocycles. The molecule has 0 aromatic heterocycles. The van der Waals surface area contributed by atoms with Crippen LogP contribution in [0.2, 0.25) is 0 Å². The summed E-state index contributed by atoms with van der Waals surface area (Å²) in [4.78, 5) is 21.4. The van der Waals surface area contributed by atoms with Crippen molar-refractivity contribution in [3.63, 3.8) is 0 Å². The van der Waals surface area contributed by atoms with Crippen LogP contribution in [-0.4, -0.2) is 23.9 Å². The second kappa shape index (κ2) is 4.96. The third-order valence-electron chi connectivity index (χ3n) is 0.935. The van der Waals surface area contributed by atoms with Gasteiger partial charge in [0, 0.05) is 6.54 Å². The van der Waals surface area contributed by atoms with Crippen LogP contribution in [0, 0.1) is 0 Å². The average Bonchev–Trinajstić information content (AvgIpc) is 1.87. The molecule has 1 atom stereocenters. The highest BCUT2D eigenvalue weighted by Crippen LogP contribution is 1.91. The molecule has 4 nitrogen and oxygen atoms in total. The number of rotatable bonds is 2. The van der Waals surface area contributed by atoms with Crippen LogP contribution in [0.1, 0.15) is 13.8 Å². The van der Waals surface area contributed by atoms with E-state index < -0.39 is 17.3 Å². The van der Waals surface area contributed by atoms with Crippen LogP contribution in [0.25, 0.3) is 0 Å². The van der Waals surface area contributed by atoms with Crippen molar-refractivity contribution in [2.45, 2.75) is 19.2 Å². The van der Waals surface area contributed by atoms with Crippen LogP contribution in [0.3, 0.4) is 0 Å². The highest BCUT2D eigenvalue weighted by molar-refractivity contribution is 6.31. The van der Waals surface area contributed by atoms with Crippen molar-refractivity contribution in [1.29, 1.82) is 0 Å². The Morgan fingerprint density at radius 3 is 2.45 bits per heavy atom. The number of alkyl halides is 1. The van der Waals surface area contributed by atoms with E-state index in [-0.39, 0.29) is 0 Å². The number of amides is 3. The molecule has 0 aliphatic carbocycles. The van der Waals surface area contributed by atoms with E-state index in [4.69, 9.17) is 11.6 Å². The molecule has 0 rings (SSSR count). The van der Waals surface area contributed by atoms with E-state index in [0.29, 0.717) is 6.54 Å². The lowest BCUT2D eigenvalue weighted by Gasteiger charge is -2.04. The molecular weight excluding hydrogens is 168 g/mol. The van der Waals surface area contributed by atoms with E-state index in [1.54, 1.807) is 6.92 Å². The quantitative estimate of drug-likeness (QED) is 0.604. The Balaban J connectivity index is 3.67. The number of urea groups is 1. The summed E-state index contributed by atoms with van der Waals surface area (Å²) >= 11 is 5.38. The van der Waals surface area contributed by atoms with Crippen molar-refractivity contribution in [3.8, 4) is 0 Å². The maximum absolute atomic E-state index is 10.7. The van der Waals surface area contributed by atoms with Crippen molar-refractivity contribution in [3.05, 3.63) is 0 Å². The van der Waals surface area contributed by atoms with Gasteiger partial charge in [0.15, 0.2) is 0 Å². The largest absolute Gasteiger partial charge is 0.338 e. The number of imide groups is 1. The molecule has 0 fully saturated rings. The molecule has 0 aromatic rings. The Hall–Kier alpha value is -0.770. The molecule has 0 radical (unpaired) electrons. The lowest BCUT2D eigenvalue weighted by atomic mass is 10.4.